The van der Waals surface area contributed by atoms with E-state index < -0.39 is 21.4 Å². The van der Waals surface area contributed by atoms with Gasteiger partial charge in [-0.25, -0.2) is 8.42 Å². The average molecular weight is 388 g/mol. The Balaban J connectivity index is 1.71. The van der Waals surface area contributed by atoms with E-state index in [9.17, 15) is 23.1 Å². The van der Waals surface area contributed by atoms with Crippen molar-refractivity contribution < 1.29 is 23.1 Å². The van der Waals surface area contributed by atoms with Crippen molar-refractivity contribution in [2.24, 2.45) is 5.41 Å². The lowest BCUT2D eigenvalue weighted by Crippen LogP contribution is -2.34. The Morgan fingerprint density at radius 3 is 2.26 bits per heavy atom. The molecule has 0 aromatic heterocycles. The molecule has 1 aliphatic heterocycles. The predicted molar refractivity (Wildman–Crippen MR) is 100.0 cm³/mol. The monoisotopic (exact) mass is 388 g/mol. The molecule has 3 rings (SSSR count). The van der Waals surface area contributed by atoms with Crippen molar-refractivity contribution in [1.82, 2.24) is 4.90 Å². The number of carbonyl (C=O) groups excluding carboxylic acids is 1. The third-order valence-corrected chi connectivity index (χ3v) is 6.11. The Morgan fingerprint density at radius 1 is 1.07 bits per heavy atom. The summed E-state index contributed by atoms with van der Waals surface area (Å²) in [6.45, 7) is 2.16. The first-order chi connectivity index (χ1) is 12.7. The summed E-state index contributed by atoms with van der Waals surface area (Å²) in [4.78, 5) is 25.5. The molecule has 1 heterocycles. The largest absolute Gasteiger partial charge is 0.481 e. The first-order valence-electron chi connectivity index (χ1n) is 8.42. The number of rotatable bonds is 5. The molecule has 1 amide bonds. The number of sulfonamides is 1. The lowest BCUT2D eigenvalue weighted by atomic mass is 9.90. The van der Waals surface area contributed by atoms with Crippen molar-refractivity contribution in [3.63, 3.8) is 0 Å². The maximum atomic E-state index is 12.6. The molecule has 1 aliphatic rings. The van der Waals surface area contributed by atoms with Gasteiger partial charge in [-0.15, -0.1) is 0 Å². The Bertz CT molecular complexity index is 957. The number of nitrogens with zero attached hydrogens (tertiary/aromatic N) is 1. The second-order valence-electron chi connectivity index (χ2n) is 6.84. The van der Waals surface area contributed by atoms with Crippen LogP contribution in [0.3, 0.4) is 0 Å². The van der Waals surface area contributed by atoms with Crippen LogP contribution in [0.15, 0.2) is 59.5 Å². The fraction of sp³-hybridized carbons (Fsp3) is 0.263. The standard InChI is InChI=1S/C19H20N2O5S/c1-19(18(23)24)11-12-21(13-19)17(22)14-7-9-15(10-8-14)20-27(25,26)16-5-3-2-4-6-16/h2-10,20H,11-13H2,1H3,(H,23,24). The summed E-state index contributed by atoms with van der Waals surface area (Å²) in [7, 11) is -3.70. The smallest absolute Gasteiger partial charge is 0.311 e. The fourth-order valence-electron chi connectivity index (χ4n) is 2.99. The molecule has 0 radical (unpaired) electrons. The maximum absolute atomic E-state index is 12.6. The molecule has 1 unspecified atom stereocenters. The number of hydrogen-bond donors (Lipinski definition) is 2. The van der Waals surface area contributed by atoms with E-state index in [1.54, 1.807) is 25.1 Å². The second kappa shape index (κ2) is 7.03. The van der Waals surface area contributed by atoms with E-state index in [1.165, 1.54) is 41.3 Å². The zero-order chi connectivity index (χ0) is 19.7. The Kier molecular flexibility index (Phi) is 4.93. The van der Waals surface area contributed by atoms with Gasteiger partial charge >= 0.3 is 5.97 Å². The highest BCUT2D eigenvalue weighted by molar-refractivity contribution is 7.92. The van der Waals surface area contributed by atoms with E-state index in [4.69, 9.17) is 0 Å². The lowest BCUT2D eigenvalue weighted by molar-refractivity contribution is -0.147. The Hall–Kier alpha value is -2.87. The molecule has 0 aliphatic carbocycles. The van der Waals surface area contributed by atoms with Crippen LogP contribution < -0.4 is 4.72 Å². The first kappa shape index (κ1) is 18.9. The van der Waals surface area contributed by atoms with Crippen LogP contribution in [0.1, 0.15) is 23.7 Å². The molecule has 1 saturated heterocycles. The number of carboxylic acid groups (broad SMARTS) is 1. The number of hydrogen-bond acceptors (Lipinski definition) is 4. The normalized spacial score (nSPS) is 19.7. The Labute approximate surface area is 157 Å². The van der Waals surface area contributed by atoms with E-state index in [-0.39, 0.29) is 17.3 Å². The van der Waals surface area contributed by atoms with Crippen LogP contribution in [-0.4, -0.2) is 43.4 Å². The highest BCUT2D eigenvalue weighted by atomic mass is 32.2. The van der Waals surface area contributed by atoms with Gasteiger partial charge in [-0.2, -0.15) is 0 Å². The third kappa shape index (κ3) is 3.95. The summed E-state index contributed by atoms with van der Waals surface area (Å²) >= 11 is 0. The minimum absolute atomic E-state index is 0.148. The maximum Gasteiger partial charge on any atom is 0.311 e. The number of aliphatic carboxylic acids is 1. The van der Waals surface area contributed by atoms with Crippen LogP contribution in [0, 0.1) is 5.41 Å². The second-order valence-corrected chi connectivity index (χ2v) is 8.52. The molecule has 142 valence electrons. The van der Waals surface area contributed by atoms with Gasteiger partial charge < -0.3 is 10.0 Å². The number of nitrogens with one attached hydrogen (secondary N) is 1. The zero-order valence-corrected chi connectivity index (χ0v) is 15.6. The van der Waals surface area contributed by atoms with Crippen molar-refractivity contribution in [2.45, 2.75) is 18.2 Å². The molecule has 1 atom stereocenters. The molecule has 7 nitrogen and oxygen atoms in total. The number of carboxylic acids is 1. The number of benzene rings is 2. The molecule has 8 heteroatoms. The van der Waals surface area contributed by atoms with Crippen LogP contribution in [0.25, 0.3) is 0 Å². The van der Waals surface area contributed by atoms with Crippen LogP contribution >= 0.6 is 0 Å². The quantitative estimate of drug-likeness (QED) is 0.819. The zero-order valence-electron chi connectivity index (χ0n) is 14.8. The molecule has 0 bridgehead atoms. The fourth-order valence-corrected chi connectivity index (χ4v) is 4.07. The summed E-state index contributed by atoms with van der Waals surface area (Å²) in [5.41, 5.74) is -0.208. The van der Waals surface area contributed by atoms with Gasteiger partial charge in [0, 0.05) is 24.3 Å². The molecule has 1 fully saturated rings. The number of anilines is 1. The molecule has 2 aromatic rings. The molecule has 27 heavy (non-hydrogen) atoms. The SMILES string of the molecule is CC1(C(=O)O)CCN(C(=O)c2ccc(NS(=O)(=O)c3ccccc3)cc2)C1. The van der Waals surface area contributed by atoms with Crippen molar-refractivity contribution >= 4 is 27.6 Å². The highest BCUT2D eigenvalue weighted by Gasteiger charge is 2.42. The van der Waals surface area contributed by atoms with Crippen molar-refractivity contribution in [3.05, 3.63) is 60.2 Å². The molecule has 0 saturated carbocycles. The molecule has 2 aromatic carbocycles. The minimum Gasteiger partial charge on any atom is -0.481 e. The minimum atomic E-state index is -3.70. The van der Waals surface area contributed by atoms with Gasteiger partial charge in [0.2, 0.25) is 0 Å². The van der Waals surface area contributed by atoms with E-state index >= 15 is 0 Å². The van der Waals surface area contributed by atoms with Gasteiger partial charge in [0.1, 0.15) is 0 Å². The van der Waals surface area contributed by atoms with Crippen LogP contribution in [0.5, 0.6) is 0 Å². The van der Waals surface area contributed by atoms with Crippen LogP contribution in [0.4, 0.5) is 5.69 Å². The van der Waals surface area contributed by atoms with E-state index in [0.29, 0.717) is 24.2 Å². The summed E-state index contributed by atoms with van der Waals surface area (Å²) in [5.74, 6) is -1.18. The van der Waals surface area contributed by atoms with Crippen LogP contribution in [0.2, 0.25) is 0 Å². The van der Waals surface area contributed by atoms with Gasteiger partial charge in [0.25, 0.3) is 15.9 Å². The van der Waals surface area contributed by atoms with Crippen molar-refractivity contribution in [1.29, 1.82) is 0 Å². The highest BCUT2D eigenvalue weighted by Crippen LogP contribution is 2.31. The molecular formula is C19H20N2O5S. The topological polar surface area (TPSA) is 104 Å². The lowest BCUT2D eigenvalue weighted by Gasteiger charge is -2.20. The number of amides is 1. The van der Waals surface area contributed by atoms with Crippen molar-refractivity contribution in [3.8, 4) is 0 Å². The van der Waals surface area contributed by atoms with Gasteiger partial charge in [-0.3, -0.25) is 14.3 Å². The molecular weight excluding hydrogens is 368 g/mol. The van der Waals surface area contributed by atoms with E-state index in [2.05, 4.69) is 4.72 Å². The van der Waals surface area contributed by atoms with E-state index in [0.717, 1.165) is 0 Å². The summed E-state index contributed by atoms with van der Waals surface area (Å²) in [5, 5.41) is 9.28. The van der Waals surface area contributed by atoms with Gasteiger partial charge in [0.05, 0.1) is 10.3 Å². The van der Waals surface area contributed by atoms with Crippen LogP contribution in [-0.2, 0) is 14.8 Å². The predicted octanol–water partition coefficient (Wildman–Crippen LogP) is 2.42. The summed E-state index contributed by atoms with van der Waals surface area (Å²) in [6, 6.07) is 14.1. The summed E-state index contributed by atoms with van der Waals surface area (Å²) in [6.07, 6.45) is 0.406. The first-order valence-corrected chi connectivity index (χ1v) is 9.90. The Morgan fingerprint density at radius 2 is 1.70 bits per heavy atom. The van der Waals surface area contributed by atoms with Crippen molar-refractivity contribution in [2.75, 3.05) is 17.8 Å². The van der Waals surface area contributed by atoms with E-state index in [1.807, 2.05) is 0 Å². The molecule has 2 N–H and O–H groups in total. The van der Waals surface area contributed by atoms with Gasteiger partial charge in [-0.05, 0) is 49.7 Å². The third-order valence-electron chi connectivity index (χ3n) is 4.71. The van der Waals surface area contributed by atoms with Gasteiger partial charge in [-0.1, -0.05) is 18.2 Å². The van der Waals surface area contributed by atoms with Gasteiger partial charge in [0.15, 0.2) is 0 Å². The summed E-state index contributed by atoms with van der Waals surface area (Å²) < 4.78 is 27.1. The number of carbonyl (C=O) groups is 2. The number of likely N-dealkylation sites (tertiary alicyclic amines) is 1. The molecule has 0 spiro atoms. The average Bonchev–Trinajstić information content (AvgIpc) is 3.06.